The van der Waals surface area contributed by atoms with Crippen LogP contribution in [0.3, 0.4) is 0 Å². The number of carbonyl (C=O) groups is 1. The summed E-state index contributed by atoms with van der Waals surface area (Å²) < 4.78 is 34.1. The molecule has 2 rings (SSSR count). The predicted octanol–water partition coefficient (Wildman–Crippen LogP) is 4.13. The van der Waals surface area contributed by atoms with Crippen LogP contribution in [0.15, 0.2) is 36.4 Å². The molecule has 0 aliphatic heterocycles. The molecule has 2 aromatic rings. The lowest BCUT2D eigenvalue weighted by molar-refractivity contribution is -0.384. The van der Waals surface area contributed by atoms with Crippen LogP contribution in [0.5, 0.6) is 11.5 Å². The van der Waals surface area contributed by atoms with Crippen molar-refractivity contribution in [2.75, 3.05) is 14.2 Å². The molecule has 0 atom stereocenters. The van der Waals surface area contributed by atoms with Crippen molar-refractivity contribution in [1.82, 2.24) is 4.90 Å². The Morgan fingerprint density at radius 3 is 2.52 bits per heavy atom. The minimum absolute atomic E-state index is 0.0423. The first-order valence-electron chi connectivity index (χ1n) is 7.54. The van der Waals surface area contributed by atoms with Gasteiger partial charge < -0.3 is 14.4 Å². The molecule has 0 aliphatic carbocycles. The van der Waals surface area contributed by atoms with E-state index in [-0.39, 0.29) is 34.3 Å². The molecule has 27 heavy (non-hydrogen) atoms. The molecule has 0 bridgehead atoms. The van der Waals surface area contributed by atoms with Crippen LogP contribution in [-0.4, -0.2) is 36.5 Å². The predicted molar refractivity (Wildman–Crippen MR) is 93.5 cm³/mol. The number of nitro groups is 1. The molecule has 7 nitrogen and oxygen atoms in total. The number of carbonyl (C=O) groups excluding carboxylic acids is 1. The van der Waals surface area contributed by atoms with Crippen molar-refractivity contribution < 1.29 is 28.0 Å². The van der Waals surface area contributed by atoms with Crippen LogP contribution in [0.1, 0.15) is 15.9 Å². The number of nitro benzene ring substituents is 1. The number of alkyl halides is 2. The highest BCUT2D eigenvalue weighted by Gasteiger charge is 2.19. The third kappa shape index (κ3) is 5.04. The van der Waals surface area contributed by atoms with Gasteiger partial charge in [0.25, 0.3) is 11.6 Å². The third-order valence-electron chi connectivity index (χ3n) is 3.60. The molecular weight excluding hydrogens is 386 g/mol. The Labute approximate surface area is 158 Å². The molecule has 0 saturated heterocycles. The fraction of sp³-hybridized carbons (Fsp3) is 0.235. The maximum absolute atomic E-state index is 12.5. The van der Waals surface area contributed by atoms with Gasteiger partial charge in [0.1, 0.15) is 0 Å². The van der Waals surface area contributed by atoms with Crippen LogP contribution in [-0.2, 0) is 6.54 Å². The normalized spacial score (nSPS) is 10.6. The van der Waals surface area contributed by atoms with Crippen molar-refractivity contribution in [3.8, 4) is 11.5 Å². The summed E-state index contributed by atoms with van der Waals surface area (Å²) in [5.74, 6) is -0.479. The summed E-state index contributed by atoms with van der Waals surface area (Å²) in [7, 11) is 2.82. The van der Waals surface area contributed by atoms with Gasteiger partial charge in [0, 0.05) is 25.7 Å². The largest absolute Gasteiger partial charge is 0.493 e. The van der Waals surface area contributed by atoms with Gasteiger partial charge >= 0.3 is 6.61 Å². The molecule has 0 heterocycles. The van der Waals surface area contributed by atoms with Crippen LogP contribution in [0.25, 0.3) is 0 Å². The maximum Gasteiger partial charge on any atom is 0.387 e. The van der Waals surface area contributed by atoms with Crippen LogP contribution < -0.4 is 9.47 Å². The molecule has 1 amide bonds. The van der Waals surface area contributed by atoms with E-state index in [2.05, 4.69) is 4.74 Å². The molecule has 144 valence electrons. The van der Waals surface area contributed by atoms with Gasteiger partial charge in [-0.2, -0.15) is 8.78 Å². The van der Waals surface area contributed by atoms with Crippen molar-refractivity contribution in [1.29, 1.82) is 0 Å². The number of methoxy groups -OCH3 is 1. The highest BCUT2D eigenvalue weighted by Crippen LogP contribution is 2.30. The smallest absolute Gasteiger partial charge is 0.387 e. The Hall–Kier alpha value is -2.94. The topological polar surface area (TPSA) is 81.9 Å². The van der Waals surface area contributed by atoms with E-state index in [4.69, 9.17) is 16.3 Å². The summed E-state index contributed by atoms with van der Waals surface area (Å²) in [5, 5.41) is 10.7. The third-order valence-corrected chi connectivity index (χ3v) is 3.92. The molecule has 0 aromatic heterocycles. The minimum atomic E-state index is -2.99. The lowest BCUT2D eigenvalue weighted by atomic mass is 10.1. The second kappa shape index (κ2) is 8.63. The molecule has 0 spiro atoms. The van der Waals surface area contributed by atoms with E-state index in [0.717, 1.165) is 6.07 Å². The number of ether oxygens (including phenoxy) is 2. The van der Waals surface area contributed by atoms with Gasteiger partial charge in [-0.1, -0.05) is 17.7 Å². The quantitative estimate of drug-likeness (QED) is 0.515. The Balaban J connectivity index is 2.18. The second-order valence-electron chi connectivity index (χ2n) is 5.45. The van der Waals surface area contributed by atoms with Gasteiger partial charge in [-0.05, 0) is 23.8 Å². The van der Waals surface area contributed by atoms with Gasteiger partial charge in [0.2, 0.25) is 0 Å². The van der Waals surface area contributed by atoms with E-state index in [1.165, 1.54) is 49.4 Å². The second-order valence-corrected chi connectivity index (χ2v) is 5.85. The number of amides is 1. The van der Waals surface area contributed by atoms with E-state index in [1.807, 2.05) is 0 Å². The van der Waals surface area contributed by atoms with E-state index in [1.54, 1.807) is 0 Å². The summed E-state index contributed by atoms with van der Waals surface area (Å²) in [5.41, 5.74) is 0.482. The van der Waals surface area contributed by atoms with Crippen molar-refractivity contribution in [3.63, 3.8) is 0 Å². The van der Waals surface area contributed by atoms with Gasteiger partial charge in [-0.15, -0.1) is 0 Å². The van der Waals surface area contributed by atoms with E-state index >= 15 is 0 Å². The zero-order valence-electron chi connectivity index (χ0n) is 14.3. The van der Waals surface area contributed by atoms with E-state index in [9.17, 15) is 23.7 Å². The number of hydrogen-bond acceptors (Lipinski definition) is 5. The van der Waals surface area contributed by atoms with Gasteiger partial charge in [-0.3, -0.25) is 14.9 Å². The van der Waals surface area contributed by atoms with Crippen LogP contribution in [0.4, 0.5) is 14.5 Å². The number of nitrogens with zero attached hydrogens (tertiary/aromatic N) is 2. The van der Waals surface area contributed by atoms with Crippen molar-refractivity contribution in [3.05, 3.63) is 62.7 Å². The first kappa shape index (κ1) is 20.4. The highest BCUT2D eigenvalue weighted by atomic mass is 35.5. The van der Waals surface area contributed by atoms with Crippen LogP contribution >= 0.6 is 11.6 Å². The Kier molecular flexibility index (Phi) is 6.51. The first-order chi connectivity index (χ1) is 12.7. The number of benzene rings is 2. The zero-order valence-corrected chi connectivity index (χ0v) is 15.1. The number of non-ortho nitro benzene ring substituents is 1. The monoisotopic (exact) mass is 400 g/mol. The Morgan fingerprint density at radius 2 is 1.96 bits per heavy atom. The van der Waals surface area contributed by atoms with E-state index < -0.39 is 17.4 Å². The number of hydrogen-bond donors (Lipinski definition) is 0. The molecule has 10 heteroatoms. The summed E-state index contributed by atoms with van der Waals surface area (Å²) in [4.78, 5) is 24.0. The van der Waals surface area contributed by atoms with Crippen molar-refractivity contribution in [2.24, 2.45) is 0 Å². The molecule has 2 aromatic carbocycles. The molecular formula is C17H15ClF2N2O5. The molecule has 0 fully saturated rings. The standard InChI is InChI=1S/C17H15ClF2N2O5/c1-21(16(23)12-5-4-11(22(24)25)8-13(12)18)9-10-3-6-14(27-17(19)20)15(7-10)26-2/h3-8,17H,9H2,1-2H3. The summed E-state index contributed by atoms with van der Waals surface area (Å²) in [6.07, 6.45) is 0. The van der Waals surface area contributed by atoms with Gasteiger partial charge in [0.05, 0.1) is 22.6 Å². The molecule has 0 unspecified atom stereocenters. The average Bonchev–Trinajstić information content (AvgIpc) is 2.61. The van der Waals surface area contributed by atoms with Crippen LogP contribution in [0.2, 0.25) is 5.02 Å². The fourth-order valence-electron chi connectivity index (χ4n) is 2.35. The molecule has 0 radical (unpaired) electrons. The van der Waals surface area contributed by atoms with E-state index in [0.29, 0.717) is 5.56 Å². The average molecular weight is 401 g/mol. The zero-order chi connectivity index (χ0) is 20.1. The SMILES string of the molecule is COc1cc(CN(C)C(=O)c2ccc([N+](=O)[O-])cc2Cl)ccc1OC(F)F. The number of halogens is 3. The molecule has 0 aliphatic rings. The Bertz CT molecular complexity index is 863. The molecule has 0 saturated carbocycles. The fourth-order valence-corrected chi connectivity index (χ4v) is 2.60. The summed E-state index contributed by atoms with van der Waals surface area (Å²) in [6.45, 7) is -2.87. The first-order valence-corrected chi connectivity index (χ1v) is 7.92. The highest BCUT2D eigenvalue weighted by molar-refractivity contribution is 6.34. The van der Waals surface area contributed by atoms with Crippen molar-refractivity contribution in [2.45, 2.75) is 13.2 Å². The lowest BCUT2D eigenvalue weighted by Crippen LogP contribution is -2.26. The summed E-state index contributed by atoms with van der Waals surface area (Å²) >= 11 is 5.97. The van der Waals surface area contributed by atoms with Gasteiger partial charge in [-0.25, -0.2) is 0 Å². The number of rotatable bonds is 7. The molecule has 0 N–H and O–H groups in total. The lowest BCUT2D eigenvalue weighted by Gasteiger charge is -2.19. The van der Waals surface area contributed by atoms with Gasteiger partial charge in [0.15, 0.2) is 11.5 Å². The van der Waals surface area contributed by atoms with Crippen LogP contribution in [0, 0.1) is 10.1 Å². The summed E-state index contributed by atoms with van der Waals surface area (Å²) in [6, 6.07) is 7.87. The maximum atomic E-state index is 12.5. The minimum Gasteiger partial charge on any atom is -0.493 e. The Morgan fingerprint density at radius 1 is 1.26 bits per heavy atom. The van der Waals surface area contributed by atoms with Crippen molar-refractivity contribution >= 4 is 23.2 Å².